The van der Waals surface area contributed by atoms with Crippen molar-refractivity contribution in [3.8, 4) is 11.4 Å². The molecular formula is C11H13BN2O3. The second-order valence-corrected chi connectivity index (χ2v) is 3.70. The lowest BCUT2D eigenvalue weighted by Gasteiger charge is -2.10. The van der Waals surface area contributed by atoms with Crippen LogP contribution in [0.2, 0.25) is 0 Å². The van der Waals surface area contributed by atoms with E-state index in [1.54, 1.807) is 22.9 Å². The van der Waals surface area contributed by atoms with E-state index in [9.17, 15) is 0 Å². The predicted octanol–water partition coefficient (Wildman–Crippen LogP) is -0.131. The minimum atomic E-state index is -1.54. The van der Waals surface area contributed by atoms with Gasteiger partial charge in [-0.1, -0.05) is 6.07 Å². The standard InChI is InChI=1S/C11H13BN2O3/c1-8-5-6-14(13-8)9-3-4-10(12(15)16)11(7-9)17-2/h3-7,15-16H,1-2H3. The average Bonchev–Trinajstić information content (AvgIpc) is 2.75. The number of benzene rings is 1. The van der Waals surface area contributed by atoms with Gasteiger partial charge in [0.05, 0.1) is 18.5 Å². The van der Waals surface area contributed by atoms with Gasteiger partial charge in [-0.05, 0) is 19.1 Å². The van der Waals surface area contributed by atoms with E-state index in [-0.39, 0.29) is 0 Å². The molecule has 0 aliphatic carbocycles. The second-order valence-electron chi connectivity index (χ2n) is 3.70. The zero-order valence-corrected chi connectivity index (χ0v) is 9.66. The van der Waals surface area contributed by atoms with Crippen molar-refractivity contribution in [2.45, 2.75) is 6.92 Å². The molecule has 2 rings (SSSR count). The van der Waals surface area contributed by atoms with Crippen LogP contribution in [-0.4, -0.2) is 34.1 Å². The van der Waals surface area contributed by atoms with E-state index in [4.69, 9.17) is 14.8 Å². The second kappa shape index (κ2) is 4.61. The summed E-state index contributed by atoms with van der Waals surface area (Å²) in [5.41, 5.74) is 2.05. The van der Waals surface area contributed by atoms with Gasteiger partial charge in [-0.2, -0.15) is 5.10 Å². The number of aromatic nitrogens is 2. The van der Waals surface area contributed by atoms with Gasteiger partial charge in [0.15, 0.2) is 0 Å². The Kier molecular flexibility index (Phi) is 3.17. The summed E-state index contributed by atoms with van der Waals surface area (Å²) < 4.78 is 6.81. The van der Waals surface area contributed by atoms with Crippen molar-refractivity contribution in [3.05, 3.63) is 36.2 Å². The molecule has 2 aromatic rings. The molecule has 2 N–H and O–H groups in total. The minimum absolute atomic E-state index is 0.333. The number of hydrogen-bond donors (Lipinski definition) is 2. The average molecular weight is 232 g/mol. The summed E-state index contributed by atoms with van der Waals surface area (Å²) in [5.74, 6) is 0.422. The van der Waals surface area contributed by atoms with Crippen LogP contribution in [0.25, 0.3) is 5.69 Å². The van der Waals surface area contributed by atoms with Crippen LogP contribution in [0.5, 0.6) is 5.75 Å². The third kappa shape index (κ3) is 2.32. The first-order valence-electron chi connectivity index (χ1n) is 5.18. The summed E-state index contributed by atoms with van der Waals surface area (Å²) in [6, 6.07) is 6.96. The topological polar surface area (TPSA) is 67.5 Å². The van der Waals surface area contributed by atoms with Gasteiger partial charge in [0.25, 0.3) is 0 Å². The Bertz CT molecular complexity index is 525. The van der Waals surface area contributed by atoms with E-state index in [1.165, 1.54) is 7.11 Å². The van der Waals surface area contributed by atoms with Gasteiger partial charge in [0.1, 0.15) is 5.75 Å². The maximum absolute atomic E-state index is 9.15. The first-order chi connectivity index (χ1) is 8.11. The van der Waals surface area contributed by atoms with Crippen molar-refractivity contribution in [2.75, 3.05) is 7.11 Å². The molecule has 0 unspecified atom stereocenters. The summed E-state index contributed by atoms with van der Waals surface area (Å²) >= 11 is 0. The third-order valence-corrected chi connectivity index (χ3v) is 2.48. The fraction of sp³-hybridized carbons (Fsp3) is 0.182. The highest BCUT2D eigenvalue weighted by atomic mass is 16.5. The van der Waals surface area contributed by atoms with Gasteiger partial charge in [0, 0.05) is 17.7 Å². The summed E-state index contributed by atoms with van der Waals surface area (Å²) in [6.07, 6.45) is 1.83. The Balaban J connectivity index is 2.44. The maximum Gasteiger partial charge on any atom is 0.492 e. The van der Waals surface area contributed by atoms with E-state index < -0.39 is 7.12 Å². The first-order valence-corrected chi connectivity index (χ1v) is 5.18. The molecular weight excluding hydrogens is 219 g/mol. The van der Waals surface area contributed by atoms with Crippen LogP contribution in [0.4, 0.5) is 0 Å². The molecule has 1 aromatic carbocycles. The lowest BCUT2D eigenvalue weighted by Crippen LogP contribution is -2.31. The van der Waals surface area contributed by atoms with Crippen LogP contribution in [0.1, 0.15) is 5.69 Å². The summed E-state index contributed by atoms with van der Waals surface area (Å²) in [7, 11) is -0.0577. The molecule has 6 heteroatoms. The van der Waals surface area contributed by atoms with Crippen LogP contribution in [0.15, 0.2) is 30.5 Å². The maximum atomic E-state index is 9.15. The van der Waals surface area contributed by atoms with Crippen molar-refractivity contribution in [1.82, 2.24) is 9.78 Å². The van der Waals surface area contributed by atoms with Crippen LogP contribution in [-0.2, 0) is 0 Å². The van der Waals surface area contributed by atoms with Crippen molar-refractivity contribution in [1.29, 1.82) is 0 Å². The quantitative estimate of drug-likeness (QED) is 0.723. The van der Waals surface area contributed by atoms with Gasteiger partial charge >= 0.3 is 7.12 Å². The molecule has 5 nitrogen and oxygen atoms in total. The number of nitrogens with zero attached hydrogens (tertiary/aromatic N) is 2. The van der Waals surface area contributed by atoms with Gasteiger partial charge < -0.3 is 14.8 Å². The SMILES string of the molecule is COc1cc(-n2ccc(C)n2)ccc1B(O)O. The van der Waals surface area contributed by atoms with Crippen LogP contribution in [0.3, 0.4) is 0 Å². The molecule has 0 saturated carbocycles. The van der Waals surface area contributed by atoms with Crippen molar-refractivity contribution < 1.29 is 14.8 Å². The molecule has 1 heterocycles. The molecule has 17 heavy (non-hydrogen) atoms. The fourth-order valence-electron chi connectivity index (χ4n) is 1.61. The number of ether oxygens (including phenoxy) is 1. The van der Waals surface area contributed by atoms with E-state index in [1.807, 2.05) is 19.2 Å². The molecule has 88 valence electrons. The summed E-state index contributed by atoms with van der Waals surface area (Å²) in [5, 5.41) is 22.6. The Morgan fingerprint density at radius 1 is 1.29 bits per heavy atom. The molecule has 0 aliphatic rings. The highest BCUT2D eigenvalue weighted by Gasteiger charge is 2.17. The Hall–Kier alpha value is -1.79. The number of methoxy groups -OCH3 is 1. The molecule has 0 bridgehead atoms. The fourth-order valence-corrected chi connectivity index (χ4v) is 1.61. The summed E-state index contributed by atoms with van der Waals surface area (Å²) in [6.45, 7) is 1.90. The number of aryl methyl sites for hydroxylation is 1. The van der Waals surface area contributed by atoms with Crippen molar-refractivity contribution in [3.63, 3.8) is 0 Å². The van der Waals surface area contributed by atoms with Gasteiger partial charge in [-0.15, -0.1) is 0 Å². The number of rotatable bonds is 3. The number of hydrogen-bond acceptors (Lipinski definition) is 4. The Morgan fingerprint density at radius 3 is 2.59 bits per heavy atom. The molecule has 0 aliphatic heterocycles. The van der Waals surface area contributed by atoms with Crippen molar-refractivity contribution >= 4 is 12.6 Å². The first kappa shape index (κ1) is 11.7. The van der Waals surface area contributed by atoms with E-state index in [0.29, 0.717) is 11.2 Å². The molecule has 0 atom stereocenters. The van der Waals surface area contributed by atoms with Gasteiger partial charge in [-0.3, -0.25) is 0 Å². The zero-order valence-electron chi connectivity index (χ0n) is 9.66. The molecule has 1 aromatic heterocycles. The zero-order chi connectivity index (χ0) is 12.4. The minimum Gasteiger partial charge on any atom is -0.497 e. The molecule has 0 fully saturated rings. The molecule has 0 saturated heterocycles. The van der Waals surface area contributed by atoms with Crippen LogP contribution >= 0.6 is 0 Å². The highest BCUT2D eigenvalue weighted by molar-refractivity contribution is 6.59. The van der Waals surface area contributed by atoms with Gasteiger partial charge in [-0.25, -0.2) is 4.68 Å². The van der Waals surface area contributed by atoms with Crippen molar-refractivity contribution in [2.24, 2.45) is 0 Å². The third-order valence-electron chi connectivity index (χ3n) is 2.48. The summed E-state index contributed by atoms with van der Waals surface area (Å²) in [4.78, 5) is 0. The monoisotopic (exact) mass is 232 g/mol. The molecule has 0 amide bonds. The van der Waals surface area contributed by atoms with E-state index >= 15 is 0 Å². The van der Waals surface area contributed by atoms with Crippen LogP contribution < -0.4 is 10.2 Å². The highest BCUT2D eigenvalue weighted by Crippen LogP contribution is 2.14. The smallest absolute Gasteiger partial charge is 0.492 e. The Morgan fingerprint density at radius 2 is 2.06 bits per heavy atom. The van der Waals surface area contributed by atoms with Gasteiger partial charge in [0.2, 0.25) is 0 Å². The largest absolute Gasteiger partial charge is 0.497 e. The predicted molar refractivity (Wildman–Crippen MR) is 64.7 cm³/mol. The Labute approximate surface area is 99.4 Å². The molecule has 0 radical (unpaired) electrons. The van der Waals surface area contributed by atoms with E-state index in [2.05, 4.69) is 5.10 Å². The lowest BCUT2D eigenvalue weighted by molar-refractivity contribution is 0.403. The normalized spacial score (nSPS) is 10.4. The lowest BCUT2D eigenvalue weighted by atomic mass is 9.79. The van der Waals surface area contributed by atoms with Crippen LogP contribution in [0, 0.1) is 6.92 Å². The van der Waals surface area contributed by atoms with E-state index in [0.717, 1.165) is 11.4 Å². The molecule has 0 spiro atoms.